The van der Waals surface area contributed by atoms with Gasteiger partial charge in [0.1, 0.15) is 5.82 Å². The molecule has 3 aromatic rings. The standard InChI is InChI=1S/C21H23ClN4/c22-17-7-8-19-18(12-17)20(24-10-9-23)13-21(25-19)26-11-3-6-15-4-1-2-5-16(15)14-26/h1-2,4-5,7-8,12-13H,3,6,9-11,14,23H2,(H,24,25). The molecule has 1 aromatic heterocycles. The van der Waals surface area contributed by atoms with Crippen molar-refractivity contribution in [2.24, 2.45) is 5.73 Å². The summed E-state index contributed by atoms with van der Waals surface area (Å²) in [4.78, 5) is 7.29. The van der Waals surface area contributed by atoms with Crippen molar-refractivity contribution >= 4 is 34.0 Å². The van der Waals surface area contributed by atoms with Crippen molar-refractivity contribution in [3.63, 3.8) is 0 Å². The average Bonchev–Trinajstić information content (AvgIpc) is 2.88. The second-order valence-corrected chi connectivity index (χ2v) is 7.14. The highest BCUT2D eigenvalue weighted by Crippen LogP contribution is 2.31. The summed E-state index contributed by atoms with van der Waals surface area (Å²) in [6.07, 6.45) is 2.25. The van der Waals surface area contributed by atoms with Crippen molar-refractivity contribution < 1.29 is 0 Å². The third kappa shape index (κ3) is 3.48. The van der Waals surface area contributed by atoms with Crippen LogP contribution in [-0.4, -0.2) is 24.6 Å². The fraction of sp³-hybridized carbons (Fsp3) is 0.286. The molecule has 0 bridgehead atoms. The number of rotatable bonds is 4. The average molecular weight is 367 g/mol. The predicted octanol–water partition coefficient (Wildman–Crippen LogP) is 4.21. The third-order valence-corrected chi connectivity index (χ3v) is 5.13. The van der Waals surface area contributed by atoms with E-state index in [1.54, 1.807) is 0 Å². The quantitative estimate of drug-likeness (QED) is 0.726. The van der Waals surface area contributed by atoms with E-state index in [1.807, 2.05) is 18.2 Å². The number of pyridine rings is 1. The normalized spacial score (nSPS) is 14.2. The lowest BCUT2D eigenvalue weighted by atomic mass is 10.0. The molecule has 3 N–H and O–H groups in total. The SMILES string of the molecule is NCCNc1cc(N2CCCc3ccccc3C2)nc2ccc(Cl)cc12. The molecule has 0 saturated heterocycles. The molecule has 0 unspecified atom stereocenters. The minimum absolute atomic E-state index is 0.580. The van der Waals surface area contributed by atoms with Gasteiger partial charge in [-0.1, -0.05) is 35.9 Å². The molecular weight excluding hydrogens is 344 g/mol. The molecule has 0 aliphatic carbocycles. The minimum atomic E-state index is 0.580. The molecule has 1 aliphatic rings. The van der Waals surface area contributed by atoms with Crippen molar-refractivity contribution in [3.05, 3.63) is 64.7 Å². The summed E-state index contributed by atoms with van der Waals surface area (Å²) in [5.41, 5.74) is 10.5. The highest BCUT2D eigenvalue weighted by Gasteiger charge is 2.17. The smallest absolute Gasteiger partial charge is 0.131 e. The first-order valence-corrected chi connectivity index (χ1v) is 9.48. The van der Waals surface area contributed by atoms with E-state index in [2.05, 4.69) is 40.5 Å². The fourth-order valence-electron chi connectivity index (χ4n) is 3.60. The number of hydrogen-bond acceptors (Lipinski definition) is 4. The van der Waals surface area contributed by atoms with E-state index >= 15 is 0 Å². The van der Waals surface area contributed by atoms with Gasteiger partial charge in [-0.15, -0.1) is 0 Å². The second-order valence-electron chi connectivity index (χ2n) is 6.70. The Morgan fingerprint density at radius 2 is 1.96 bits per heavy atom. The zero-order valence-corrected chi connectivity index (χ0v) is 15.5. The van der Waals surface area contributed by atoms with Crippen LogP contribution < -0.4 is 16.0 Å². The summed E-state index contributed by atoms with van der Waals surface area (Å²) in [5, 5.41) is 5.18. The molecule has 0 saturated carbocycles. The zero-order valence-electron chi connectivity index (χ0n) is 14.7. The Bertz CT molecular complexity index is 925. The highest BCUT2D eigenvalue weighted by molar-refractivity contribution is 6.31. The maximum atomic E-state index is 6.20. The van der Waals surface area contributed by atoms with Crippen LogP contribution in [0.5, 0.6) is 0 Å². The lowest BCUT2D eigenvalue weighted by Gasteiger charge is -2.24. The van der Waals surface area contributed by atoms with Gasteiger partial charge in [0.05, 0.1) is 5.52 Å². The maximum Gasteiger partial charge on any atom is 0.131 e. The Morgan fingerprint density at radius 3 is 2.81 bits per heavy atom. The summed E-state index contributed by atoms with van der Waals surface area (Å²) in [7, 11) is 0. The van der Waals surface area contributed by atoms with E-state index in [0.29, 0.717) is 18.1 Å². The minimum Gasteiger partial charge on any atom is -0.383 e. The molecule has 0 amide bonds. The number of aromatic nitrogens is 1. The Morgan fingerprint density at radius 1 is 1.12 bits per heavy atom. The first kappa shape index (κ1) is 17.1. The van der Waals surface area contributed by atoms with Crippen LogP contribution in [0.15, 0.2) is 48.5 Å². The molecule has 134 valence electrons. The van der Waals surface area contributed by atoms with E-state index in [0.717, 1.165) is 48.3 Å². The molecule has 0 spiro atoms. The number of nitrogens with zero attached hydrogens (tertiary/aromatic N) is 2. The monoisotopic (exact) mass is 366 g/mol. The van der Waals surface area contributed by atoms with E-state index in [9.17, 15) is 0 Å². The summed E-state index contributed by atoms with van der Waals surface area (Å²) in [5.74, 6) is 0.996. The molecule has 0 fully saturated rings. The summed E-state index contributed by atoms with van der Waals surface area (Å²) in [6, 6.07) is 16.7. The predicted molar refractivity (Wildman–Crippen MR) is 110 cm³/mol. The van der Waals surface area contributed by atoms with Gasteiger partial charge in [0.2, 0.25) is 0 Å². The van der Waals surface area contributed by atoms with Crippen LogP contribution in [0.25, 0.3) is 10.9 Å². The first-order valence-electron chi connectivity index (χ1n) is 9.10. The van der Waals surface area contributed by atoms with Gasteiger partial charge in [-0.25, -0.2) is 4.98 Å². The molecule has 2 heterocycles. The van der Waals surface area contributed by atoms with E-state index in [4.69, 9.17) is 22.3 Å². The van der Waals surface area contributed by atoms with Gasteiger partial charge in [-0.2, -0.15) is 0 Å². The lowest BCUT2D eigenvalue weighted by molar-refractivity contribution is 0.756. The largest absolute Gasteiger partial charge is 0.383 e. The molecule has 5 heteroatoms. The second kappa shape index (κ2) is 7.52. The van der Waals surface area contributed by atoms with Crippen molar-refractivity contribution in [1.82, 2.24) is 4.98 Å². The van der Waals surface area contributed by atoms with E-state index in [-0.39, 0.29) is 0 Å². The Balaban J connectivity index is 1.75. The summed E-state index contributed by atoms with van der Waals surface area (Å²) in [6.45, 7) is 3.18. The van der Waals surface area contributed by atoms with Gasteiger partial charge in [-0.3, -0.25) is 0 Å². The number of nitrogens with one attached hydrogen (secondary N) is 1. The molecule has 4 rings (SSSR count). The maximum absolute atomic E-state index is 6.20. The van der Waals surface area contributed by atoms with Crippen LogP contribution in [0, 0.1) is 0 Å². The number of aryl methyl sites for hydroxylation is 1. The van der Waals surface area contributed by atoms with Gasteiger partial charge in [0, 0.05) is 48.3 Å². The Hall–Kier alpha value is -2.30. The van der Waals surface area contributed by atoms with Crippen molar-refractivity contribution in [3.8, 4) is 0 Å². The van der Waals surface area contributed by atoms with Crippen LogP contribution in [0.3, 0.4) is 0 Å². The molecule has 2 aromatic carbocycles. The molecule has 4 nitrogen and oxygen atoms in total. The molecular formula is C21H23ClN4. The molecule has 0 radical (unpaired) electrons. The third-order valence-electron chi connectivity index (χ3n) is 4.89. The zero-order chi connectivity index (χ0) is 17.9. The van der Waals surface area contributed by atoms with E-state index in [1.165, 1.54) is 11.1 Å². The Kier molecular flexibility index (Phi) is 4.96. The van der Waals surface area contributed by atoms with Gasteiger partial charge < -0.3 is 16.0 Å². The number of fused-ring (bicyclic) bond motifs is 2. The number of anilines is 2. The van der Waals surface area contributed by atoms with Crippen molar-refractivity contribution in [2.75, 3.05) is 29.9 Å². The Labute approximate surface area is 159 Å². The van der Waals surface area contributed by atoms with Crippen LogP contribution in [0.4, 0.5) is 11.5 Å². The van der Waals surface area contributed by atoms with Gasteiger partial charge in [0.25, 0.3) is 0 Å². The fourth-order valence-corrected chi connectivity index (χ4v) is 3.77. The van der Waals surface area contributed by atoms with Crippen molar-refractivity contribution in [1.29, 1.82) is 0 Å². The van der Waals surface area contributed by atoms with Crippen molar-refractivity contribution in [2.45, 2.75) is 19.4 Å². The number of nitrogens with two attached hydrogens (primary N) is 1. The number of halogens is 1. The lowest BCUT2D eigenvalue weighted by Crippen LogP contribution is -2.24. The van der Waals surface area contributed by atoms with Crippen LogP contribution >= 0.6 is 11.6 Å². The topological polar surface area (TPSA) is 54.2 Å². The molecule has 0 atom stereocenters. The van der Waals surface area contributed by atoms with Gasteiger partial charge in [-0.05, 0) is 42.2 Å². The number of benzene rings is 2. The molecule has 26 heavy (non-hydrogen) atoms. The first-order chi connectivity index (χ1) is 12.7. The van der Waals surface area contributed by atoms with E-state index < -0.39 is 0 Å². The van der Waals surface area contributed by atoms with Crippen LogP contribution in [-0.2, 0) is 13.0 Å². The number of hydrogen-bond donors (Lipinski definition) is 2. The summed E-state index contributed by atoms with van der Waals surface area (Å²) < 4.78 is 0. The molecule has 1 aliphatic heterocycles. The van der Waals surface area contributed by atoms with Crippen LogP contribution in [0.1, 0.15) is 17.5 Å². The van der Waals surface area contributed by atoms with Gasteiger partial charge in [0.15, 0.2) is 0 Å². The van der Waals surface area contributed by atoms with Crippen LogP contribution in [0.2, 0.25) is 5.02 Å². The summed E-state index contributed by atoms with van der Waals surface area (Å²) >= 11 is 6.20. The van der Waals surface area contributed by atoms with Gasteiger partial charge >= 0.3 is 0 Å². The highest BCUT2D eigenvalue weighted by atomic mass is 35.5.